The highest BCUT2D eigenvalue weighted by Gasteiger charge is 2.22. The van der Waals surface area contributed by atoms with Gasteiger partial charge in [-0.2, -0.15) is 0 Å². The van der Waals surface area contributed by atoms with Crippen molar-refractivity contribution in [3.05, 3.63) is 36.2 Å². The summed E-state index contributed by atoms with van der Waals surface area (Å²) in [6, 6.07) is 1.73. The largest absolute Gasteiger partial charge is 0.398 e. The van der Waals surface area contributed by atoms with Crippen molar-refractivity contribution in [1.29, 1.82) is 0 Å². The van der Waals surface area contributed by atoms with Gasteiger partial charge in [0.15, 0.2) is 0 Å². The smallest absolute Gasteiger partial charge is 0.0856 e. The highest BCUT2D eigenvalue weighted by atomic mass is 16.3. The Balaban J connectivity index is 2.16. The van der Waals surface area contributed by atoms with E-state index in [1.165, 1.54) is 0 Å². The van der Waals surface area contributed by atoms with Crippen molar-refractivity contribution in [3.8, 4) is 0 Å². The molecule has 0 saturated heterocycles. The van der Waals surface area contributed by atoms with Gasteiger partial charge in [-0.15, -0.1) is 0 Å². The lowest BCUT2D eigenvalue weighted by Crippen LogP contribution is -2.15. The van der Waals surface area contributed by atoms with Crippen LogP contribution in [0.3, 0.4) is 0 Å². The van der Waals surface area contributed by atoms with E-state index in [1.807, 2.05) is 0 Å². The average molecular weight is 204 g/mol. The Morgan fingerprint density at radius 2 is 2.33 bits per heavy atom. The van der Waals surface area contributed by atoms with Gasteiger partial charge in [0.05, 0.1) is 6.10 Å². The van der Waals surface area contributed by atoms with Crippen molar-refractivity contribution in [2.45, 2.75) is 25.4 Å². The normalized spacial score (nSPS) is 22.6. The molecule has 1 aliphatic carbocycles. The number of hydrogen-bond donors (Lipinski definition) is 2. The molecule has 3 nitrogen and oxygen atoms in total. The Kier molecular flexibility index (Phi) is 3.02. The second kappa shape index (κ2) is 4.45. The van der Waals surface area contributed by atoms with Crippen LogP contribution in [0.2, 0.25) is 0 Å². The van der Waals surface area contributed by atoms with Gasteiger partial charge in [0.2, 0.25) is 0 Å². The Labute approximate surface area is 89.6 Å². The van der Waals surface area contributed by atoms with Crippen LogP contribution in [0.25, 0.3) is 0 Å². The molecule has 3 heteroatoms. The Bertz CT molecular complexity index is 362. The lowest BCUT2D eigenvalue weighted by atomic mass is 9.86. The molecule has 0 saturated carbocycles. The van der Waals surface area contributed by atoms with Crippen LogP contribution in [0.15, 0.2) is 30.6 Å². The van der Waals surface area contributed by atoms with E-state index in [0.29, 0.717) is 5.69 Å². The topological polar surface area (TPSA) is 59.1 Å². The van der Waals surface area contributed by atoms with Crippen LogP contribution in [0.1, 0.15) is 30.9 Å². The van der Waals surface area contributed by atoms with Gasteiger partial charge in [-0.25, -0.2) is 0 Å². The molecule has 2 unspecified atom stereocenters. The summed E-state index contributed by atoms with van der Waals surface area (Å²) in [7, 11) is 0. The summed E-state index contributed by atoms with van der Waals surface area (Å²) in [5, 5.41) is 10.2. The first-order valence-electron chi connectivity index (χ1n) is 5.31. The van der Waals surface area contributed by atoms with Crippen LogP contribution in [0.5, 0.6) is 0 Å². The van der Waals surface area contributed by atoms with Crippen molar-refractivity contribution in [1.82, 2.24) is 4.98 Å². The van der Waals surface area contributed by atoms with Gasteiger partial charge in [0, 0.05) is 23.6 Å². The van der Waals surface area contributed by atoms with E-state index in [-0.39, 0.29) is 5.92 Å². The summed E-state index contributed by atoms with van der Waals surface area (Å²) in [6.07, 6.45) is 10.1. The van der Waals surface area contributed by atoms with E-state index in [9.17, 15) is 5.11 Å². The molecule has 0 fully saturated rings. The summed E-state index contributed by atoms with van der Waals surface area (Å²) < 4.78 is 0. The van der Waals surface area contributed by atoms with Crippen molar-refractivity contribution in [2.75, 3.05) is 5.73 Å². The molecule has 0 amide bonds. The minimum absolute atomic E-state index is 0.279. The lowest BCUT2D eigenvalue weighted by molar-refractivity contribution is 0.103. The fourth-order valence-electron chi connectivity index (χ4n) is 2.02. The van der Waals surface area contributed by atoms with Crippen LogP contribution >= 0.6 is 0 Å². The molecule has 1 heterocycles. The van der Waals surface area contributed by atoms with Crippen molar-refractivity contribution >= 4 is 5.69 Å². The number of aliphatic hydroxyl groups excluding tert-OH is 1. The van der Waals surface area contributed by atoms with E-state index in [0.717, 1.165) is 24.8 Å². The van der Waals surface area contributed by atoms with Crippen molar-refractivity contribution < 1.29 is 5.11 Å². The summed E-state index contributed by atoms with van der Waals surface area (Å²) in [4.78, 5) is 4.00. The van der Waals surface area contributed by atoms with E-state index >= 15 is 0 Å². The molecule has 1 aromatic rings. The zero-order valence-corrected chi connectivity index (χ0v) is 8.63. The summed E-state index contributed by atoms with van der Waals surface area (Å²) >= 11 is 0. The maximum absolute atomic E-state index is 10.2. The first-order valence-corrected chi connectivity index (χ1v) is 5.31. The van der Waals surface area contributed by atoms with Gasteiger partial charge >= 0.3 is 0 Å². The molecular weight excluding hydrogens is 188 g/mol. The predicted octanol–water partition coefficient (Wildman–Crippen LogP) is 2.05. The predicted molar refractivity (Wildman–Crippen MR) is 60.1 cm³/mol. The Hall–Kier alpha value is -1.35. The molecule has 0 radical (unpaired) electrons. The second-order valence-electron chi connectivity index (χ2n) is 3.99. The maximum atomic E-state index is 10.2. The molecule has 3 N–H and O–H groups in total. The average Bonchev–Trinajstić information content (AvgIpc) is 2.30. The summed E-state index contributed by atoms with van der Waals surface area (Å²) in [6.45, 7) is 0. The zero-order valence-electron chi connectivity index (χ0n) is 8.63. The monoisotopic (exact) mass is 204 g/mol. The van der Waals surface area contributed by atoms with Crippen LogP contribution in [-0.2, 0) is 0 Å². The molecule has 2 rings (SSSR count). The third-order valence-corrected chi connectivity index (χ3v) is 2.96. The molecule has 1 aliphatic rings. The van der Waals surface area contributed by atoms with Crippen LogP contribution in [0.4, 0.5) is 5.69 Å². The van der Waals surface area contributed by atoms with Gasteiger partial charge in [-0.1, -0.05) is 12.2 Å². The van der Waals surface area contributed by atoms with Gasteiger partial charge < -0.3 is 10.8 Å². The van der Waals surface area contributed by atoms with E-state index in [2.05, 4.69) is 17.1 Å². The number of pyridine rings is 1. The van der Waals surface area contributed by atoms with Gasteiger partial charge in [-0.3, -0.25) is 4.98 Å². The molecule has 1 aromatic heterocycles. The van der Waals surface area contributed by atoms with Crippen LogP contribution in [-0.4, -0.2) is 10.1 Å². The van der Waals surface area contributed by atoms with Gasteiger partial charge in [-0.05, 0) is 31.2 Å². The van der Waals surface area contributed by atoms with Gasteiger partial charge in [0.1, 0.15) is 0 Å². The first-order chi connectivity index (χ1) is 7.29. The third-order valence-electron chi connectivity index (χ3n) is 2.96. The second-order valence-corrected chi connectivity index (χ2v) is 3.99. The summed E-state index contributed by atoms with van der Waals surface area (Å²) in [5.74, 6) is 0.279. The minimum atomic E-state index is -0.483. The number of hydrogen-bond acceptors (Lipinski definition) is 3. The number of nitrogens with zero attached hydrogens (tertiary/aromatic N) is 1. The maximum Gasteiger partial charge on any atom is 0.0856 e. The highest BCUT2D eigenvalue weighted by molar-refractivity contribution is 5.45. The number of rotatable bonds is 2. The minimum Gasteiger partial charge on any atom is -0.398 e. The number of aromatic nitrogens is 1. The van der Waals surface area contributed by atoms with Crippen molar-refractivity contribution in [2.24, 2.45) is 5.92 Å². The first kappa shape index (κ1) is 10.2. The molecule has 0 aliphatic heterocycles. The standard InChI is InChI=1S/C12H16N2O/c13-11-6-7-14-8-10(11)12(15)9-4-2-1-3-5-9/h1-2,6-9,12,15H,3-5H2,(H2,13,14). The molecular formula is C12H16N2O. The summed E-state index contributed by atoms with van der Waals surface area (Å²) in [5.41, 5.74) is 7.20. The van der Waals surface area contributed by atoms with Gasteiger partial charge in [0.25, 0.3) is 0 Å². The number of aliphatic hydroxyl groups is 1. The number of anilines is 1. The zero-order chi connectivity index (χ0) is 10.7. The number of nitrogens with two attached hydrogens (primary N) is 1. The van der Waals surface area contributed by atoms with E-state index in [1.54, 1.807) is 18.5 Å². The molecule has 0 spiro atoms. The Morgan fingerprint density at radius 1 is 1.47 bits per heavy atom. The number of nitrogen functional groups attached to an aromatic ring is 1. The van der Waals surface area contributed by atoms with Crippen molar-refractivity contribution in [3.63, 3.8) is 0 Å². The SMILES string of the molecule is Nc1ccncc1C(O)C1CC=CCC1. The van der Waals surface area contributed by atoms with E-state index < -0.39 is 6.10 Å². The van der Waals surface area contributed by atoms with Crippen LogP contribution < -0.4 is 5.73 Å². The molecule has 0 aromatic carbocycles. The van der Waals surface area contributed by atoms with E-state index in [4.69, 9.17) is 5.73 Å². The molecule has 2 atom stereocenters. The quantitative estimate of drug-likeness (QED) is 0.725. The fraction of sp³-hybridized carbons (Fsp3) is 0.417. The highest BCUT2D eigenvalue weighted by Crippen LogP contribution is 2.33. The fourth-order valence-corrected chi connectivity index (χ4v) is 2.02. The molecule has 15 heavy (non-hydrogen) atoms. The van der Waals surface area contributed by atoms with Crippen LogP contribution in [0, 0.1) is 5.92 Å². The molecule has 0 bridgehead atoms. The number of allylic oxidation sites excluding steroid dienone is 2. The molecule has 80 valence electrons. The Morgan fingerprint density at radius 3 is 3.00 bits per heavy atom. The third kappa shape index (κ3) is 2.18. The lowest BCUT2D eigenvalue weighted by Gasteiger charge is -2.24.